The summed E-state index contributed by atoms with van der Waals surface area (Å²) in [6.07, 6.45) is 1.64. The van der Waals surface area contributed by atoms with Crippen molar-refractivity contribution in [3.63, 3.8) is 0 Å². The van der Waals surface area contributed by atoms with Crippen LogP contribution < -0.4 is 10.0 Å². The monoisotopic (exact) mass is 373 g/mol. The first kappa shape index (κ1) is 17.1. The van der Waals surface area contributed by atoms with E-state index in [-0.39, 0.29) is 15.5 Å². The van der Waals surface area contributed by atoms with E-state index in [4.69, 9.17) is 0 Å². The van der Waals surface area contributed by atoms with Gasteiger partial charge in [0.05, 0.1) is 11.3 Å². The molecular weight excluding hydrogens is 358 g/mol. The number of aromatic nitrogens is 1. The number of pyridine rings is 1. The van der Waals surface area contributed by atoms with Crippen molar-refractivity contribution in [2.45, 2.75) is 11.1 Å². The summed E-state index contributed by atoms with van der Waals surface area (Å²) >= 11 is 1.11. The van der Waals surface area contributed by atoms with Crippen LogP contribution in [0.15, 0.2) is 64.3 Å². The van der Waals surface area contributed by atoms with Gasteiger partial charge in [0.2, 0.25) is 0 Å². The Balaban J connectivity index is 1.85. The topological polar surface area (TPSA) is 88.2 Å². The minimum atomic E-state index is -3.73. The van der Waals surface area contributed by atoms with Gasteiger partial charge in [-0.1, -0.05) is 24.3 Å². The third-order valence-corrected chi connectivity index (χ3v) is 6.09. The molecule has 1 aromatic carbocycles. The molecule has 0 saturated carbocycles. The second-order valence-electron chi connectivity index (χ2n) is 5.26. The molecule has 128 valence electrons. The molecule has 6 nitrogen and oxygen atoms in total. The number of aryl methyl sites for hydroxylation is 1. The molecule has 0 aliphatic heterocycles. The number of para-hydroxylation sites is 1. The highest BCUT2D eigenvalue weighted by molar-refractivity contribution is 7.94. The van der Waals surface area contributed by atoms with Crippen molar-refractivity contribution < 1.29 is 13.2 Å². The molecule has 0 saturated heterocycles. The standard InChI is InChI=1S/C17H15N3O3S2/c1-12-8-9-15(18-11-12)19-17(21)13-5-2-3-6-14(13)20-25(22,23)16-7-4-10-24-16/h2-11,20H,1H3,(H,18,19,21). The number of anilines is 2. The summed E-state index contributed by atoms with van der Waals surface area (Å²) in [6, 6.07) is 13.1. The summed E-state index contributed by atoms with van der Waals surface area (Å²) in [5.74, 6) is -0.0488. The number of rotatable bonds is 5. The van der Waals surface area contributed by atoms with E-state index in [1.54, 1.807) is 48.0 Å². The maximum absolute atomic E-state index is 12.5. The molecule has 2 heterocycles. The van der Waals surface area contributed by atoms with Gasteiger partial charge in [0.15, 0.2) is 0 Å². The lowest BCUT2D eigenvalue weighted by Crippen LogP contribution is -2.18. The number of sulfonamides is 1. The van der Waals surface area contributed by atoms with Crippen LogP contribution in [0, 0.1) is 6.92 Å². The molecule has 0 radical (unpaired) electrons. The lowest BCUT2D eigenvalue weighted by Gasteiger charge is -2.11. The number of nitrogens with zero attached hydrogens (tertiary/aromatic N) is 1. The van der Waals surface area contributed by atoms with Gasteiger partial charge < -0.3 is 5.32 Å². The van der Waals surface area contributed by atoms with Crippen molar-refractivity contribution in [2.24, 2.45) is 0 Å². The number of carbonyl (C=O) groups excluding carboxylic acids is 1. The molecule has 0 unspecified atom stereocenters. The molecule has 25 heavy (non-hydrogen) atoms. The van der Waals surface area contributed by atoms with Gasteiger partial charge in [-0.05, 0) is 42.1 Å². The summed E-state index contributed by atoms with van der Waals surface area (Å²) in [6.45, 7) is 1.90. The van der Waals surface area contributed by atoms with Gasteiger partial charge >= 0.3 is 0 Å². The first-order chi connectivity index (χ1) is 12.0. The van der Waals surface area contributed by atoms with Gasteiger partial charge in [0, 0.05) is 6.20 Å². The quantitative estimate of drug-likeness (QED) is 0.716. The fourth-order valence-corrected chi connectivity index (χ4v) is 4.18. The predicted octanol–water partition coefficient (Wildman–Crippen LogP) is 3.50. The highest BCUT2D eigenvalue weighted by atomic mass is 32.2. The van der Waals surface area contributed by atoms with Gasteiger partial charge in [0.25, 0.3) is 15.9 Å². The molecule has 0 bridgehead atoms. The molecule has 3 aromatic rings. The molecule has 8 heteroatoms. The van der Waals surface area contributed by atoms with Crippen LogP contribution in [0.3, 0.4) is 0 Å². The van der Waals surface area contributed by atoms with Crippen molar-refractivity contribution in [1.82, 2.24) is 4.98 Å². The van der Waals surface area contributed by atoms with Gasteiger partial charge in [-0.3, -0.25) is 9.52 Å². The number of hydrogen-bond donors (Lipinski definition) is 2. The molecule has 2 N–H and O–H groups in total. The fourth-order valence-electron chi connectivity index (χ4n) is 2.11. The summed E-state index contributed by atoms with van der Waals surface area (Å²) < 4.78 is 27.4. The van der Waals surface area contributed by atoms with E-state index in [0.29, 0.717) is 5.82 Å². The Bertz CT molecular complexity index is 982. The van der Waals surface area contributed by atoms with Crippen LogP contribution in [-0.2, 0) is 10.0 Å². The Hall–Kier alpha value is -2.71. The summed E-state index contributed by atoms with van der Waals surface area (Å²) in [5.41, 5.74) is 1.40. The third-order valence-electron chi connectivity index (χ3n) is 3.33. The van der Waals surface area contributed by atoms with Gasteiger partial charge in [-0.15, -0.1) is 11.3 Å². The summed E-state index contributed by atoms with van der Waals surface area (Å²) in [4.78, 5) is 16.6. The number of hydrogen-bond acceptors (Lipinski definition) is 5. The maximum atomic E-state index is 12.5. The van der Waals surface area contributed by atoms with Crippen LogP contribution in [0.4, 0.5) is 11.5 Å². The van der Waals surface area contributed by atoms with Crippen LogP contribution in [0.2, 0.25) is 0 Å². The normalized spacial score (nSPS) is 11.1. The van der Waals surface area contributed by atoms with E-state index < -0.39 is 15.9 Å². The molecule has 0 fully saturated rings. The molecular formula is C17H15N3O3S2. The first-order valence-electron chi connectivity index (χ1n) is 7.35. The van der Waals surface area contributed by atoms with Crippen LogP contribution in [0.1, 0.15) is 15.9 Å². The Morgan fingerprint density at radius 1 is 1.08 bits per heavy atom. The maximum Gasteiger partial charge on any atom is 0.271 e. The minimum absolute atomic E-state index is 0.183. The lowest BCUT2D eigenvalue weighted by molar-refractivity contribution is 0.102. The number of thiophene rings is 1. The molecule has 0 atom stereocenters. The van der Waals surface area contributed by atoms with E-state index in [1.165, 1.54) is 6.07 Å². The number of benzene rings is 1. The Kier molecular flexibility index (Phi) is 4.82. The number of amides is 1. The van der Waals surface area contributed by atoms with Crippen molar-refractivity contribution in [1.29, 1.82) is 0 Å². The van der Waals surface area contributed by atoms with Crippen molar-refractivity contribution in [3.8, 4) is 0 Å². The molecule has 0 spiro atoms. The van der Waals surface area contributed by atoms with Gasteiger partial charge in [-0.2, -0.15) is 0 Å². The summed E-state index contributed by atoms with van der Waals surface area (Å²) in [5, 5.41) is 4.34. The average Bonchev–Trinajstić information content (AvgIpc) is 3.12. The third kappa shape index (κ3) is 4.04. The van der Waals surface area contributed by atoms with Crippen molar-refractivity contribution in [3.05, 3.63) is 71.2 Å². The second-order valence-corrected chi connectivity index (χ2v) is 8.12. The largest absolute Gasteiger partial charge is 0.306 e. The second kappa shape index (κ2) is 7.04. The van der Waals surface area contributed by atoms with Crippen LogP contribution in [-0.4, -0.2) is 19.3 Å². The molecule has 0 aliphatic carbocycles. The Morgan fingerprint density at radius 2 is 1.88 bits per heavy atom. The Morgan fingerprint density at radius 3 is 2.56 bits per heavy atom. The van der Waals surface area contributed by atoms with Crippen LogP contribution >= 0.6 is 11.3 Å². The van der Waals surface area contributed by atoms with E-state index in [2.05, 4.69) is 15.0 Å². The number of nitrogens with one attached hydrogen (secondary N) is 2. The highest BCUT2D eigenvalue weighted by Gasteiger charge is 2.19. The van der Waals surface area contributed by atoms with E-state index in [9.17, 15) is 13.2 Å². The van der Waals surface area contributed by atoms with Crippen molar-refractivity contribution >= 4 is 38.8 Å². The number of carbonyl (C=O) groups is 1. The predicted molar refractivity (Wildman–Crippen MR) is 98.5 cm³/mol. The van der Waals surface area contributed by atoms with E-state index in [0.717, 1.165) is 16.9 Å². The zero-order valence-corrected chi connectivity index (χ0v) is 14.9. The lowest BCUT2D eigenvalue weighted by atomic mass is 10.1. The molecule has 0 aliphatic rings. The Labute approximate surface area is 149 Å². The summed E-state index contributed by atoms with van der Waals surface area (Å²) in [7, 11) is -3.73. The zero-order chi connectivity index (χ0) is 17.9. The molecule has 1 amide bonds. The smallest absolute Gasteiger partial charge is 0.271 e. The molecule has 2 aromatic heterocycles. The van der Waals surface area contributed by atoms with E-state index in [1.807, 2.05) is 13.0 Å². The van der Waals surface area contributed by atoms with Crippen LogP contribution in [0.5, 0.6) is 0 Å². The fraction of sp³-hybridized carbons (Fsp3) is 0.0588. The average molecular weight is 373 g/mol. The molecule has 3 rings (SSSR count). The van der Waals surface area contributed by atoms with Gasteiger partial charge in [0.1, 0.15) is 10.0 Å². The zero-order valence-electron chi connectivity index (χ0n) is 13.3. The van der Waals surface area contributed by atoms with Gasteiger partial charge in [-0.25, -0.2) is 13.4 Å². The van der Waals surface area contributed by atoms with E-state index >= 15 is 0 Å². The van der Waals surface area contributed by atoms with Crippen molar-refractivity contribution in [2.75, 3.05) is 10.0 Å². The SMILES string of the molecule is Cc1ccc(NC(=O)c2ccccc2NS(=O)(=O)c2cccs2)nc1. The first-order valence-corrected chi connectivity index (χ1v) is 9.71. The van der Waals surface area contributed by atoms with Crippen LogP contribution in [0.25, 0.3) is 0 Å². The highest BCUT2D eigenvalue weighted by Crippen LogP contribution is 2.23. The minimum Gasteiger partial charge on any atom is -0.306 e.